The number of nitrogens with zero attached hydrogens (tertiary/aromatic N) is 1. The zero-order valence-corrected chi connectivity index (χ0v) is 8.58. The van der Waals surface area contributed by atoms with Crippen molar-refractivity contribution >= 4 is 5.91 Å². The van der Waals surface area contributed by atoms with Crippen molar-refractivity contribution in [1.82, 2.24) is 4.90 Å². The van der Waals surface area contributed by atoms with E-state index in [0.29, 0.717) is 0 Å². The molecule has 0 aromatic heterocycles. The summed E-state index contributed by atoms with van der Waals surface area (Å²) < 4.78 is 0. The van der Waals surface area contributed by atoms with Crippen LogP contribution in [0.3, 0.4) is 0 Å². The normalized spacial score (nSPS) is 24.8. The van der Waals surface area contributed by atoms with Gasteiger partial charge in [0.05, 0.1) is 17.8 Å². The number of amides is 1. The number of aliphatic hydroxyl groups excluding tert-OH is 2. The summed E-state index contributed by atoms with van der Waals surface area (Å²) in [4.78, 5) is 13.2. The largest absolute Gasteiger partial charge is 0.507 e. The second-order valence-electron chi connectivity index (χ2n) is 3.86. The van der Waals surface area contributed by atoms with Gasteiger partial charge in [0.15, 0.2) is 0 Å². The summed E-state index contributed by atoms with van der Waals surface area (Å²) in [5.74, 6) is -0.475. The Kier molecular flexibility index (Phi) is 2.80. The van der Waals surface area contributed by atoms with Gasteiger partial charge >= 0.3 is 0 Å². The summed E-state index contributed by atoms with van der Waals surface area (Å²) in [7, 11) is 0. The minimum Gasteiger partial charge on any atom is -0.507 e. The lowest BCUT2D eigenvalue weighted by molar-refractivity contribution is 0.0572. The standard InChI is InChI=1S/C11H13NO4/c13-8-4-2-1-3-7(8)11(16)12-5-9(14)10(15)6-12/h1-4,9-10,13-15H,5-6H2/t9-,10+. The first-order chi connectivity index (χ1) is 7.59. The highest BCUT2D eigenvalue weighted by atomic mass is 16.3. The third kappa shape index (κ3) is 1.87. The third-order valence-electron chi connectivity index (χ3n) is 2.68. The molecule has 1 aromatic rings. The van der Waals surface area contributed by atoms with E-state index in [-0.39, 0.29) is 30.3 Å². The monoisotopic (exact) mass is 223 g/mol. The van der Waals surface area contributed by atoms with Crippen LogP contribution in [0.2, 0.25) is 0 Å². The quantitative estimate of drug-likeness (QED) is 0.603. The Morgan fingerprint density at radius 1 is 1.19 bits per heavy atom. The Hall–Kier alpha value is -1.59. The van der Waals surface area contributed by atoms with Crippen molar-refractivity contribution in [2.24, 2.45) is 0 Å². The number of phenolic OH excluding ortho intramolecular Hbond substituents is 1. The van der Waals surface area contributed by atoms with Crippen LogP contribution in [0.25, 0.3) is 0 Å². The molecular weight excluding hydrogens is 210 g/mol. The topological polar surface area (TPSA) is 81.0 Å². The molecule has 0 aliphatic carbocycles. The molecule has 0 radical (unpaired) electrons. The number of hydrogen-bond acceptors (Lipinski definition) is 4. The van der Waals surface area contributed by atoms with E-state index in [2.05, 4.69) is 0 Å². The fraction of sp³-hybridized carbons (Fsp3) is 0.364. The molecule has 16 heavy (non-hydrogen) atoms. The van der Waals surface area contributed by atoms with Gasteiger partial charge in [-0.2, -0.15) is 0 Å². The second-order valence-corrected chi connectivity index (χ2v) is 3.86. The van der Waals surface area contributed by atoms with Crippen LogP contribution in [0.5, 0.6) is 5.75 Å². The number of benzene rings is 1. The van der Waals surface area contributed by atoms with Gasteiger partial charge < -0.3 is 20.2 Å². The fourth-order valence-electron chi connectivity index (χ4n) is 1.76. The molecule has 3 N–H and O–H groups in total. The lowest BCUT2D eigenvalue weighted by Crippen LogP contribution is -2.29. The Labute approximate surface area is 92.6 Å². The van der Waals surface area contributed by atoms with Crippen LogP contribution in [0.4, 0.5) is 0 Å². The highest BCUT2D eigenvalue weighted by Crippen LogP contribution is 2.20. The van der Waals surface area contributed by atoms with Crippen molar-refractivity contribution in [1.29, 1.82) is 0 Å². The fourth-order valence-corrected chi connectivity index (χ4v) is 1.76. The van der Waals surface area contributed by atoms with Crippen molar-refractivity contribution in [2.45, 2.75) is 12.2 Å². The summed E-state index contributed by atoms with van der Waals surface area (Å²) in [5.41, 5.74) is 0.184. The minimum atomic E-state index is -0.908. The number of carbonyl (C=O) groups excluding carboxylic acids is 1. The Morgan fingerprint density at radius 3 is 2.31 bits per heavy atom. The van der Waals surface area contributed by atoms with Gasteiger partial charge in [-0.15, -0.1) is 0 Å². The van der Waals surface area contributed by atoms with Crippen molar-refractivity contribution in [3.05, 3.63) is 29.8 Å². The highest BCUT2D eigenvalue weighted by Gasteiger charge is 2.33. The molecule has 1 aromatic carbocycles. The summed E-state index contributed by atoms with van der Waals surface area (Å²) in [6.45, 7) is 0.183. The van der Waals surface area contributed by atoms with E-state index in [4.69, 9.17) is 0 Å². The predicted molar refractivity (Wildman–Crippen MR) is 56.0 cm³/mol. The lowest BCUT2D eigenvalue weighted by atomic mass is 10.2. The van der Waals surface area contributed by atoms with Gasteiger partial charge in [-0.05, 0) is 12.1 Å². The number of rotatable bonds is 1. The Balaban J connectivity index is 2.18. The van der Waals surface area contributed by atoms with Crippen molar-refractivity contribution in [3.8, 4) is 5.75 Å². The number of β-amino-alcohol motifs (C(OH)–C–C–N with tert-alkyl or cyclic N) is 2. The molecule has 1 fully saturated rings. The van der Waals surface area contributed by atoms with E-state index in [1.165, 1.54) is 17.0 Å². The van der Waals surface area contributed by atoms with Gasteiger partial charge in [-0.1, -0.05) is 12.1 Å². The maximum Gasteiger partial charge on any atom is 0.257 e. The molecule has 5 heteroatoms. The van der Waals surface area contributed by atoms with Crippen LogP contribution < -0.4 is 0 Å². The molecule has 2 rings (SSSR count). The minimum absolute atomic E-state index is 0.0916. The van der Waals surface area contributed by atoms with Gasteiger partial charge in [0.2, 0.25) is 0 Å². The molecule has 86 valence electrons. The van der Waals surface area contributed by atoms with E-state index in [1.807, 2.05) is 0 Å². The molecule has 0 unspecified atom stereocenters. The van der Waals surface area contributed by atoms with Crippen LogP contribution in [-0.2, 0) is 0 Å². The van der Waals surface area contributed by atoms with Crippen LogP contribution in [0.15, 0.2) is 24.3 Å². The van der Waals surface area contributed by atoms with E-state index in [0.717, 1.165) is 0 Å². The molecular formula is C11H13NO4. The molecule has 0 saturated carbocycles. The molecule has 2 atom stereocenters. The zero-order chi connectivity index (χ0) is 11.7. The molecule has 1 heterocycles. The van der Waals surface area contributed by atoms with Crippen molar-refractivity contribution in [2.75, 3.05) is 13.1 Å². The molecule has 1 aliphatic heterocycles. The molecule has 0 spiro atoms. The lowest BCUT2D eigenvalue weighted by Gasteiger charge is -2.15. The van der Waals surface area contributed by atoms with E-state index >= 15 is 0 Å². The molecule has 0 bridgehead atoms. The number of carbonyl (C=O) groups is 1. The zero-order valence-electron chi connectivity index (χ0n) is 8.58. The molecule has 5 nitrogen and oxygen atoms in total. The maximum absolute atomic E-state index is 11.9. The summed E-state index contributed by atoms with van der Waals surface area (Å²) in [5, 5.41) is 28.2. The molecule has 1 saturated heterocycles. The van der Waals surface area contributed by atoms with Gasteiger partial charge in [-0.25, -0.2) is 0 Å². The number of para-hydroxylation sites is 1. The van der Waals surface area contributed by atoms with Gasteiger partial charge in [-0.3, -0.25) is 4.79 Å². The predicted octanol–water partition coefficient (Wildman–Crippen LogP) is -0.430. The van der Waals surface area contributed by atoms with Crippen molar-refractivity contribution in [3.63, 3.8) is 0 Å². The smallest absolute Gasteiger partial charge is 0.257 e. The first kappa shape index (κ1) is 10.9. The average molecular weight is 223 g/mol. The maximum atomic E-state index is 11.9. The number of aliphatic hydroxyl groups is 2. The SMILES string of the molecule is O=C(c1ccccc1O)N1C[C@@H](O)[C@@H](O)C1. The first-order valence-electron chi connectivity index (χ1n) is 5.03. The number of hydrogen-bond donors (Lipinski definition) is 3. The Morgan fingerprint density at radius 2 is 1.75 bits per heavy atom. The number of phenols is 1. The highest BCUT2D eigenvalue weighted by molar-refractivity contribution is 5.97. The van der Waals surface area contributed by atoms with Crippen LogP contribution in [0, 0.1) is 0 Å². The summed E-state index contributed by atoms with van der Waals surface area (Å²) >= 11 is 0. The second kappa shape index (κ2) is 4.11. The van der Waals surface area contributed by atoms with Crippen LogP contribution in [0.1, 0.15) is 10.4 Å². The van der Waals surface area contributed by atoms with Gasteiger partial charge in [0.25, 0.3) is 5.91 Å². The first-order valence-corrected chi connectivity index (χ1v) is 5.03. The van der Waals surface area contributed by atoms with E-state index < -0.39 is 12.2 Å². The van der Waals surface area contributed by atoms with Gasteiger partial charge in [0.1, 0.15) is 5.75 Å². The number of likely N-dealkylation sites (tertiary alicyclic amines) is 1. The van der Waals surface area contributed by atoms with E-state index in [1.54, 1.807) is 12.1 Å². The number of aromatic hydroxyl groups is 1. The van der Waals surface area contributed by atoms with Crippen LogP contribution >= 0.6 is 0 Å². The summed E-state index contributed by atoms with van der Waals surface area (Å²) in [6.07, 6.45) is -1.82. The average Bonchev–Trinajstić information content (AvgIpc) is 2.59. The molecule has 1 amide bonds. The van der Waals surface area contributed by atoms with Crippen LogP contribution in [-0.4, -0.2) is 51.4 Å². The third-order valence-corrected chi connectivity index (χ3v) is 2.68. The summed E-state index contributed by atoms with van der Waals surface area (Å²) in [6, 6.07) is 6.21. The molecule has 1 aliphatic rings. The Bertz CT molecular complexity index is 397. The van der Waals surface area contributed by atoms with Gasteiger partial charge in [0, 0.05) is 13.1 Å². The van der Waals surface area contributed by atoms with E-state index in [9.17, 15) is 20.1 Å². The van der Waals surface area contributed by atoms with Crippen molar-refractivity contribution < 1.29 is 20.1 Å².